The molecule has 0 radical (unpaired) electrons. The Hall–Kier alpha value is -1.86. The van der Waals surface area contributed by atoms with Crippen LogP contribution < -0.4 is 10.2 Å². The third-order valence-corrected chi connectivity index (χ3v) is 4.75. The first-order valence-electron chi connectivity index (χ1n) is 9.91. The van der Waals surface area contributed by atoms with Gasteiger partial charge < -0.3 is 24.3 Å². The van der Waals surface area contributed by atoms with Crippen molar-refractivity contribution in [1.82, 2.24) is 10.2 Å². The van der Waals surface area contributed by atoms with Crippen LogP contribution in [0.1, 0.15) is 42.1 Å². The van der Waals surface area contributed by atoms with Crippen molar-refractivity contribution in [2.75, 3.05) is 52.5 Å². The Bertz CT molecular complexity index is 621. The average Bonchev–Trinajstić information content (AvgIpc) is 2.97. The molecule has 7 heteroatoms. The van der Waals surface area contributed by atoms with Crippen LogP contribution in [0.3, 0.4) is 0 Å². The van der Waals surface area contributed by atoms with E-state index in [-0.39, 0.29) is 11.8 Å². The van der Waals surface area contributed by atoms with E-state index in [4.69, 9.17) is 9.15 Å². The first-order chi connectivity index (χ1) is 12.9. The zero-order valence-electron chi connectivity index (χ0n) is 17.1. The van der Waals surface area contributed by atoms with Crippen LogP contribution in [0, 0.1) is 19.8 Å². The maximum atomic E-state index is 12.9. The minimum absolute atomic E-state index is 0.00990. The summed E-state index contributed by atoms with van der Waals surface area (Å²) in [6.07, 6.45) is 0.312. The van der Waals surface area contributed by atoms with E-state index in [1.54, 1.807) is 17.9 Å². The van der Waals surface area contributed by atoms with Crippen molar-refractivity contribution in [2.45, 2.75) is 34.1 Å². The van der Waals surface area contributed by atoms with Crippen LogP contribution in [0.15, 0.2) is 10.5 Å². The van der Waals surface area contributed by atoms with E-state index in [9.17, 15) is 9.59 Å². The minimum atomic E-state index is -0.0661. The Kier molecular flexibility index (Phi) is 8.31. The van der Waals surface area contributed by atoms with Crippen molar-refractivity contribution in [2.24, 2.45) is 5.92 Å². The van der Waals surface area contributed by atoms with E-state index < -0.39 is 0 Å². The zero-order valence-corrected chi connectivity index (χ0v) is 17.1. The molecule has 1 aromatic rings. The van der Waals surface area contributed by atoms with Crippen molar-refractivity contribution < 1.29 is 23.6 Å². The highest BCUT2D eigenvalue weighted by atomic mass is 16.5. The van der Waals surface area contributed by atoms with Gasteiger partial charge in [0.05, 0.1) is 31.9 Å². The maximum absolute atomic E-state index is 12.9. The van der Waals surface area contributed by atoms with Crippen LogP contribution in [0.4, 0.5) is 0 Å². The normalized spacial score (nSPS) is 15.1. The summed E-state index contributed by atoms with van der Waals surface area (Å²) in [5, 5.41) is 2.98. The summed E-state index contributed by atoms with van der Waals surface area (Å²) < 4.78 is 10.8. The number of morpholine rings is 1. The molecule has 2 heterocycles. The lowest BCUT2D eigenvalue weighted by Crippen LogP contribution is -3.14. The fraction of sp³-hybridized carbons (Fsp3) is 0.700. The molecule has 0 aromatic carbocycles. The third kappa shape index (κ3) is 6.99. The molecule has 2 rings (SSSR count). The fourth-order valence-electron chi connectivity index (χ4n) is 3.34. The molecule has 152 valence electrons. The quantitative estimate of drug-likeness (QED) is 0.651. The third-order valence-electron chi connectivity index (χ3n) is 4.75. The Morgan fingerprint density at radius 2 is 1.96 bits per heavy atom. The number of hydrogen-bond donors (Lipinski definition) is 2. The predicted octanol–water partition coefficient (Wildman–Crippen LogP) is 0.416. The van der Waals surface area contributed by atoms with Gasteiger partial charge in [-0.15, -0.1) is 0 Å². The Labute approximate surface area is 162 Å². The summed E-state index contributed by atoms with van der Waals surface area (Å²) in [5.74, 6) is 1.61. The number of aryl methyl sites for hydroxylation is 2. The molecule has 0 aliphatic carbocycles. The molecule has 2 N–H and O–H groups in total. The van der Waals surface area contributed by atoms with Gasteiger partial charge in [-0.25, -0.2) is 0 Å². The van der Waals surface area contributed by atoms with Crippen molar-refractivity contribution >= 4 is 11.8 Å². The summed E-state index contributed by atoms with van der Waals surface area (Å²) in [6.45, 7) is 14.0. The van der Waals surface area contributed by atoms with E-state index in [1.165, 1.54) is 4.90 Å². The lowest BCUT2D eigenvalue weighted by molar-refractivity contribution is -0.906. The van der Waals surface area contributed by atoms with Crippen LogP contribution in [0.2, 0.25) is 0 Å². The molecule has 7 nitrogen and oxygen atoms in total. The standard InChI is InChI=1S/C20H33N3O4/c1-15(2)14-23(20(25)18-13-16(3)27-17(18)4)7-5-19(24)21-6-8-22-9-11-26-12-10-22/h13,15H,5-12,14H2,1-4H3,(H,21,24)/p+1. The second-order valence-corrected chi connectivity index (χ2v) is 7.68. The number of quaternary nitrogens is 1. The first kappa shape index (κ1) is 21.4. The van der Waals surface area contributed by atoms with E-state index >= 15 is 0 Å². The molecule has 0 unspecified atom stereocenters. The monoisotopic (exact) mass is 380 g/mol. The van der Waals surface area contributed by atoms with Gasteiger partial charge in [0, 0.05) is 19.5 Å². The first-order valence-corrected chi connectivity index (χ1v) is 9.91. The van der Waals surface area contributed by atoms with Gasteiger partial charge in [0.25, 0.3) is 5.91 Å². The summed E-state index contributed by atoms with van der Waals surface area (Å²) in [6, 6.07) is 1.77. The van der Waals surface area contributed by atoms with Gasteiger partial charge >= 0.3 is 0 Å². The van der Waals surface area contributed by atoms with Crippen LogP contribution in [-0.2, 0) is 9.53 Å². The summed E-state index contributed by atoms with van der Waals surface area (Å²) in [4.78, 5) is 28.3. The highest BCUT2D eigenvalue weighted by Crippen LogP contribution is 2.17. The smallest absolute Gasteiger partial charge is 0.257 e. The molecule has 1 aliphatic rings. The van der Waals surface area contributed by atoms with Gasteiger partial charge in [-0.05, 0) is 25.8 Å². The molecule has 1 aromatic heterocycles. The van der Waals surface area contributed by atoms with Crippen LogP contribution in [-0.4, -0.2) is 69.2 Å². The fourth-order valence-corrected chi connectivity index (χ4v) is 3.34. The Morgan fingerprint density at radius 1 is 1.26 bits per heavy atom. The predicted molar refractivity (Wildman–Crippen MR) is 103 cm³/mol. The largest absolute Gasteiger partial charge is 0.466 e. The number of amides is 2. The Morgan fingerprint density at radius 3 is 2.56 bits per heavy atom. The number of ether oxygens (including phenoxy) is 1. The van der Waals surface area contributed by atoms with E-state index in [1.807, 2.05) is 6.92 Å². The molecule has 0 atom stereocenters. The lowest BCUT2D eigenvalue weighted by atomic mass is 10.1. The van der Waals surface area contributed by atoms with Crippen LogP contribution in [0.25, 0.3) is 0 Å². The second kappa shape index (κ2) is 10.5. The lowest BCUT2D eigenvalue weighted by Gasteiger charge is -2.25. The van der Waals surface area contributed by atoms with E-state index in [0.29, 0.717) is 43.3 Å². The molecular weight excluding hydrogens is 346 g/mol. The van der Waals surface area contributed by atoms with Gasteiger partial charge in [0.1, 0.15) is 24.6 Å². The summed E-state index contributed by atoms with van der Waals surface area (Å²) in [7, 11) is 0. The molecule has 1 saturated heterocycles. The number of nitrogens with one attached hydrogen (secondary N) is 2. The topological polar surface area (TPSA) is 76.2 Å². The van der Waals surface area contributed by atoms with Crippen molar-refractivity contribution in [3.63, 3.8) is 0 Å². The van der Waals surface area contributed by atoms with Gasteiger partial charge in [-0.2, -0.15) is 0 Å². The van der Waals surface area contributed by atoms with E-state index in [0.717, 1.165) is 38.6 Å². The number of rotatable bonds is 9. The minimum Gasteiger partial charge on any atom is -0.466 e. The van der Waals surface area contributed by atoms with Gasteiger partial charge in [-0.3, -0.25) is 9.59 Å². The van der Waals surface area contributed by atoms with Crippen LogP contribution >= 0.6 is 0 Å². The molecule has 1 aliphatic heterocycles. The van der Waals surface area contributed by atoms with Gasteiger partial charge in [0.15, 0.2) is 0 Å². The average molecular weight is 381 g/mol. The number of carbonyl (C=O) groups excluding carboxylic acids is 2. The number of hydrogen-bond acceptors (Lipinski definition) is 4. The molecule has 2 amide bonds. The number of carbonyl (C=O) groups is 2. The molecule has 1 fully saturated rings. The maximum Gasteiger partial charge on any atom is 0.257 e. The van der Waals surface area contributed by atoms with Gasteiger partial charge in [-0.1, -0.05) is 13.8 Å². The molecule has 27 heavy (non-hydrogen) atoms. The second-order valence-electron chi connectivity index (χ2n) is 7.68. The summed E-state index contributed by atoms with van der Waals surface area (Å²) in [5.41, 5.74) is 0.587. The van der Waals surface area contributed by atoms with E-state index in [2.05, 4.69) is 19.2 Å². The van der Waals surface area contributed by atoms with Crippen LogP contribution in [0.5, 0.6) is 0 Å². The van der Waals surface area contributed by atoms with Crippen molar-refractivity contribution in [1.29, 1.82) is 0 Å². The molecule has 0 spiro atoms. The van der Waals surface area contributed by atoms with Crippen molar-refractivity contribution in [3.05, 3.63) is 23.2 Å². The summed E-state index contributed by atoms with van der Waals surface area (Å²) >= 11 is 0. The number of nitrogens with zero attached hydrogens (tertiary/aromatic N) is 1. The SMILES string of the molecule is Cc1cc(C(=O)N(CCC(=O)NCC[NH+]2CCOCC2)CC(C)C)c(C)o1. The molecular formula is C20H34N3O4+. The zero-order chi connectivity index (χ0) is 19.8. The van der Waals surface area contributed by atoms with Gasteiger partial charge in [0.2, 0.25) is 5.91 Å². The molecule has 0 bridgehead atoms. The Balaban J connectivity index is 1.81. The highest BCUT2D eigenvalue weighted by Gasteiger charge is 2.22. The number of furan rings is 1. The highest BCUT2D eigenvalue weighted by molar-refractivity contribution is 5.95. The van der Waals surface area contributed by atoms with Crippen molar-refractivity contribution in [3.8, 4) is 0 Å². The molecule has 0 saturated carbocycles.